The zero-order valence-electron chi connectivity index (χ0n) is 20.9. The molecule has 0 aliphatic heterocycles. The SMILES string of the molecule is CC[C@H](C)NC(=O)[C@H](Cc1ccccc1)N(Cc1ccc(Cl)cc1Cl)C(=O)CCSc1ccc(Cl)cc1. The van der Waals surface area contributed by atoms with E-state index in [9.17, 15) is 9.59 Å². The predicted octanol–water partition coefficient (Wildman–Crippen LogP) is 7.68. The fourth-order valence-electron chi connectivity index (χ4n) is 3.76. The Hall–Kier alpha value is -2.18. The van der Waals surface area contributed by atoms with E-state index in [0.717, 1.165) is 22.4 Å². The van der Waals surface area contributed by atoms with Crippen LogP contribution in [0.4, 0.5) is 0 Å². The molecule has 0 saturated heterocycles. The lowest BCUT2D eigenvalue weighted by molar-refractivity contribution is -0.141. The Morgan fingerprint density at radius 1 is 0.946 bits per heavy atom. The lowest BCUT2D eigenvalue weighted by atomic mass is 10.0. The van der Waals surface area contributed by atoms with Crippen molar-refractivity contribution in [1.82, 2.24) is 10.2 Å². The zero-order chi connectivity index (χ0) is 26.8. The van der Waals surface area contributed by atoms with Crippen molar-refractivity contribution in [3.8, 4) is 0 Å². The Balaban J connectivity index is 1.88. The number of halogens is 3. The van der Waals surface area contributed by atoms with Gasteiger partial charge in [-0.05, 0) is 60.9 Å². The van der Waals surface area contributed by atoms with Gasteiger partial charge in [0, 0.05) is 51.1 Å². The first-order chi connectivity index (χ1) is 17.8. The number of carbonyl (C=O) groups is 2. The molecule has 196 valence electrons. The van der Waals surface area contributed by atoms with E-state index in [2.05, 4.69) is 5.32 Å². The van der Waals surface area contributed by atoms with Crippen molar-refractivity contribution < 1.29 is 9.59 Å². The van der Waals surface area contributed by atoms with Crippen molar-refractivity contribution in [2.75, 3.05) is 5.75 Å². The van der Waals surface area contributed by atoms with Crippen LogP contribution in [0.2, 0.25) is 15.1 Å². The monoisotopic (exact) mass is 576 g/mol. The van der Waals surface area contributed by atoms with Gasteiger partial charge in [0.25, 0.3) is 0 Å². The highest BCUT2D eigenvalue weighted by Gasteiger charge is 2.31. The Bertz CT molecular complexity index is 1180. The van der Waals surface area contributed by atoms with E-state index < -0.39 is 6.04 Å². The van der Waals surface area contributed by atoms with Crippen molar-refractivity contribution in [1.29, 1.82) is 0 Å². The average Bonchev–Trinajstić information content (AvgIpc) is 2.88. The molecule has 3 aromatic rings. The first-order valence-electron chi connectivity index (χ1n) is 12.2. The Morgan fingerprint density at radius 2 is 1.62 bits per heavy atom. The van der Waals surface area contributed by atoms with Crippen LogP contribution in [-0.4, -0.2) is 34.6 Å². The minimum atomic E-state index is -0.698. The molecule has 0 bridgehead atoms. The lowest BCUT2D eigenvalue weighted by Crippen LogP contribution is -2.52. The molecule has 8 heteroatoms. The molecule has 0 saturated carbocycles. The Kier molecular flexibility index (Phi) is 11.7. The van der Waals surface area contributed by atoms with Crippen molar-refractivity contribution in [2.24, 2.45) is 0 Å². The molecule has 3 rings (SSSR count). The molecule has 37 heavy (non-hydrogen) atoms. The third kappa shape index (κ3) is 9.26. The molecule has 2 atom stereocenters. The first kappa shape index (κ1) is 29.4. The van der Waals surface area contributed by atoms with Gasteiger partial charge in [-0.3, -0.25) is 9.59 Å². The maximum absolute atomic E-state index is 13.7. The fourth-order valence-corrected chi connectivity index (χ4v) is 5.19. The number of hydrogen-bond donors (Lipinski definition) is 1. The van der Waals surface area contributed by atoms with Gasteiger partial charge in [-0.2, -0.15) is 0 Å². The number of nitrogens with zero attached hydrogens (tertiary/aromatic N) is 1. The van der Waals surface area contributed by atoms with Gasteiger partial charge in [0.1, 0.15) is 6.04 Å². The second-order valence-corrected chi connectivity index (χ2v) is 11.3. The number of thioether (sulfide) groups is 1. The van der Waals surface area contributed by atoms with E-state index in [0.29, 0.717) is 27.2 Å². The number of carbonyl (C=O) groups excluding carboxylic acids is 2. The second-order valence-electron chi connectivity index (χ2n) is 8.83. The van der Waals surface area contributed by atoms with Crippen molar-refractivity contribution in [3.05, 3.63) is 99.0 Å². The van der Waals surface area contributed by atoms with Gasteiger partial charge in [-0.15, -0.1) is 11.8 Å². The summed E-state index contributed by atoms with van der Waals surface area (Å²) in [6, 6.07) is 21.8. The number of hydrogen-bond acceptors (Lipinski definition) is 3. The summed E-state index contributed by atoms with van der Waals surface area (Å²) in [4.78, 5) is 29.9. The van der Waals surface area contributed by atoms with Gasteiger partial charge < -0.3 is 10.2 Å². The van der Waals surface area contributed by atoms with Gasteiger partial charge in [0.15, 0.2) is 0 Å². The highest BCUT2D eigenvalue weighted by atomic mass is 35.5. The van der Waals surface area contributed by atoms with E-state index in [-0.39, 0.29) is 30.8 Å². The molecular formula is C29H31Cl3N2O2S. The average molecular weight is 578 g/mol. The van der Waals surface area contributed by atoms with E-state index in [1.54, 1.807) is 34.9 Å². The molecule has 0 aliphatic carbocycles. The second kappa shape index (κ2) is 14.7. The normalized spacial score (nSPS) is 12.6. The number of nitrogens with one attached hydrogen (secondary N) is 1. The van der Waals surface area contributed by atoms with Crippen molar-refractivity contribution >= 4 is 58.4 Å². The maximum atomic E-state index is 13.7. The molecule has 0 aromatic heterocycles. The molecule has 0 unspecified atom stereocenters. The zero-order valence-corrected chi connectivity index (χ0v) is 24.0. The van der Waals surface area contributed by atoms with Gasteiger partial charge in [-0.25, -0.2) is 0 Å². The molecule has 0 radical (unpaired) electrons. The molecule has 0 heterocycles. The van der Waals surface area contributed by atoms with Crippen LogP contribution in [0.25, 0.3) is 0 Å². The molecule has 0 fully saturated rings. The highest BCUT2D eigenvalue weighted by Crippen LogP contribution is 2.26. The molecule has 2 amide bonds. The van der Waals surface area contributed by atoms with E-state index in [1.165, 1.54) is 0 Å². The third-order valence-corrected chi connectivity index (χ3v) is 7.88. The summed E-state index contributed by atoms with van der Waals surface area (Å²) in [5, 5.41) is 4.72. The van der Waals surface area contributed by atoms with Crippen LogP contribution in [-0.2, 0) is 22.6 Å². The summed E-state index contributed by atoms with van der Waals surface area (Å²) >= 11 is 20.2. The van der Waals surface area contributed by atoms with E-state index >= 15 is 0 Å². The highest BCUT2D eigenvalue weighted by molar-refractivity contribution is 7.99. The summed E-state index contributed by atoms with van der Waals surface area (Å²) < 4.78 is 0. The summed E-state index contributed by atoms with van der Waals surface area (Å²) in [5.74, 6) is 0.269. The van der Waals surface area contributed by atoms with Crippen LogP contribution in [0.15, 0.2) is 77.7 Å². The maximum Gasteiger partial charge on any atom is 0.243 e. The molecule has 4 nitrogen and oxygen atoms in total. The van der Waals surface area contributed by atoms with Crippen LogP contribution in [0.3, 0.4) is 0 Å². The molecule has 0 spiro atoms. The number of rotatable bonds is 12. The van der Waals surface area contributed by atoms with Crippen molar-refractivity contribution in [2.45, 2.75) is 56.6 Å². The minimum Gasteiger partial charge on any atom is -0.352 e. The van der Waals surface area contributed by atoms with Crippen LogP contribution in [0.5, 0.6) is 0 Å². The molecular weight excluding hydrogens is 547 g/mol. The van der Waals surface area contributed by atoms with E-state index in [4.69, 9.17) is 34.8 Å². The molecule has 3 aromatic carbocycles. The van der Waals surface area contributed by atoms with Crippen LogP contribution < -0.4 is 5.32 Å². The quantitative estimate of drug-likeness (QED) is 0.225. The van der Waals surface area contributed by atoms with Crippen LogP contribution in [0, 0.1) is 0 Å². The lowest BCUT2D eigenvalue weighted by Gasteiger charge is -2.32. The van der Waals surface area contributed by atoms with Crippen LogP contribution in [0.1, 0.15) is 37.8 Å². The standard InChI is InChI=1S/C29H31Cl3N2O2S/c1-3-20(2)33-29(36)27(17-21-7-5-4-6-8-21)34(19-22-9-10-24(31)18-26(22)32)28(35)15-16-37-25-13-11-23(30)12-14-25/h4-14,18,20,27H,3,15-17,19H2,1-2H3,(H,33,36)/t20-,27-/m0/s1. The third-order valence-electron chi connectivity index (χ3n) is 6.03. The largest absolute Gasteiger partial charge is 0.352 e. The predicted molar refractivity (Wildman–Crippen MR) is 156 cm³/mol. The smallest absolute Gasteiger partial charge is 0.243 e. The number of amides is 2. The van der Waals surface area contributed by atoms with Gasteiger partial charge >= 0.3 is 0 Å². The number of benzene rings is 3. The van der Waals surface area contributed by atoms with Crippen LogP contribution >= 0.6 is 46.6 Å². The van der Waals surface area contributed by atoms with Gasteiger partial charge in [0.2, 0.25) is 11.8 Å². The van der Waals surface area contributed by atoms with Crippen molar-refractivity contribution in [3.63, 3.8) is 0 Å². The molecule has 1 N–H and O–H groups in total. The minimum absolute atomic E-state index is 0.0118. The van der Waals surface area contributed by atoms with Gasteiger partial charge in [-0.1, -0.05) is 78.1 Å². The first-order valence-corrected chi connectivity index (χ1v) is 14.3. The summed E-state index contributed by atoms with van der Waals surface area (Å²) in [5.41, 5.74) is 1.71. The summed E-state index contributed by atoms with van der Waals surface area (Å²) in [7, 11) is 0. The molecule has 0 aliphatic rings. The Labute approximate surface area is 238 Å². The van der Waals surface area contributed by atoms with Gasteiger partial charge in [0.05, 0.1) is 0 Å². The summed E-state index contributed by atoms with van der Waals surface area (Å²) in [6.45, 7) is 4.18. The summed E-state index contributed by atoms with van der Waals surface area (Å²) in [6.07, 6.45) is 1.45. The van der Waals surface area contributed by atoms with E-state index in [1.807, 2.05) is 68.4 Å². The fraction of sp³-hybridized carbons (Fsp3) is 0.310. The topological polar surface area (TPSA) is 49.4 Å². The Morgan fingerprint density at radius 3 is 2.27 bits per heavy atom.